The predicted molar refractivity (Wildman–Crippen MR) is 67.4 cm³/mol. The monoisotopic (exact) mass is 287 g/mol. The van der Waals surface area contributed by atoms with Crippen LogP contribution in [0.3, 0.4) is 0 Å². The number of halogens is 4. The molecule has 0 radical (unpaired) electrons. The van der Waals surface area contributed by atoms with Gasteiger partial charge in [0.15, 0.2) is 0 Å². The Morgan fingerprint density at radius 1 is 1.25 bits per heavy atom. The van der Waals surface area contributed by atoms with Gasteiger partial charge in [0.05, 0.1) is 17.2 Å². The highest BCUT2D eigenvalue weighted by atomic mass is 19.4. The first-order chi connectivity index (χ1) is 9.27. The van der Waals surface area contributed by atoms with Crippen LogP contribution in [0, 0.1) is 12.7 Å². The van der Waals surface area contributed by atoms with E-state index in [0.29, 0.717) is 6.07 Å². The Labute approximate surface area is 113 Å². The summed E-state index contributed by atoms with van der Waals surface area (Å²) in [4.78, 5) is 0. The van der Waals surface area contributed by atoms with Crippen molar-refractivity contribution >= 4 is 12.4 Å². The molecule has 0 amide bonds. The van der Waals surface area contributed by atoms with Crippen LogP contribution in [0.4, 0.5) is 17.3 Å². The van der Waals surface area contributed by atoms with E-state index in [1.54, 1.807) is 17.8 Å². The third-order valence-corrected chi connectivity index (χ3v) is 2.81. The van der Waals surface area contributed by atoms with Crippen LogP contribution in [-0.4, -0.2) is 16.8 Å². The molecule has 3 nitrogen and oxygen atoms in total. The van der Waals surface area contributed by atoms with Crippen LogP contribution in [0.2, 0.25) is 0 Å². The lowest BCUT2D eigenvalue weighted by Gasteiger charge is -2.16. The zero-order chi connectivity index (χ0) is 14.9. The third kappa shape index (κ3) is 3.12. The van der Waals surface area contributed by atoms with Gasteiger partial charge in [-0.15, -0.1) is 0 Å². The number of hydrogen-bond donors (Lipinski definition) is 0. The van der Waals surface area contributed by atoms with Crippen LogP contribution in [0.25, 0.3) is 0 Å². The van der Waals surface area contributed by atoms with Crippen molar-refractivity contribution in [1.29, 1.82) is 0 Å². The van der Waals surface area contributed by atoms with Crippen LogP contribution < -0.4 is 10.2 Å². The van der Waals surface area contributed by atoms with Gasteiger partial charge >= 0.3 is 6.98 Å². The minimum atomic E-state index is -5.35. The predicted octanol–water partition coefficient (Wildman–Crippen LogP) is 2.50. The van der Waals surface area contributed by atoms with Crippen molar-refractivity contribution in [3.8, 4) is 5.75 Å². The van der Waals surface area contributed by atoms with Gasteiger partial charge in [-0.1, -0.05) is 11.5 Å². The number of aryl methyl sites for hydroxylation is 2. The Balaban J connectivity index is 2.11. The number of benzene rings is 1. The lowest BCUT2D eigenvalue weighted by molar-refractivity contribution is 0.293. The molecule has 8 heteroatoms. The molecule has 1 aromatic carbocycles. The molecule has 1 heterocycles. The maximum absolute atomic E-state index is 13.4. The van der Waals surface area contributed by atoms with E-state index in [-0.39, 0.29) is 12.4 Å². The van der Waals surface area contributed by atoms with E-state index in [1.807, 2.05) is 6.92 Å². The Kier molecular flexibility index (Phi) is 3.74. The standard InChI is InChI=1S/C12H12BF4N2O/c1-8-5-9(19(2)18-8)7-20-10-3-4-11(12(14)6-10)13(15,16)17/h3-6H,7H2,1-2H3/q-1. The lowest BCUT2D eigenvalue weighted by Crippen LogP contribution is -2.36. The van der Waals surface area contributed by atoms with Crippen molar-refractivity contribution in [3.05, 3.63) is 41.5 Å². The molecular formula is C12H12BF4N2O-. The van der Waals surface area contributed by atoms with Crippen molar-refractivity contribution in [2.24, 2.45) is 7.05 Å². The first-order valence-electron chi connectivity index (χ1n) is 5.89. The molecule has 0 saturated carbocycles. The summed E-state index contributed by atoms with van der Waals surface area (Å²) < 4.78 is 57.6. The topological polar surface area (TPSA) is 27.1 Å². The summed E-state index contributed by atoms with van der Waals surface area (Å²) >= 11 is 0. The molecule has 0 unspecified atom stereocenters. The molecular weight excluding hydrogens is 275 g/mol. The number of ether oxygens (including phenoxy) is 1. The molecule has 1 aromatic heterocycles. The highest BCUT2D eigenvalue weighted by molar-refractivity contribution is 6.73. The summed E-state index contributed by atoms with van der Waals surface area (Å²) in [6, 6.07) is 4.33. The minimum Gasteiger partial charge on any atom is -0.487 e. The van der Waals surface area contributed by atoms with E-state index in [1.165, 1.54) is 0 Å². The quantitative estimate of drug-likeness (QED) is 0.638. The highest BCUT2D eigenvalue weighted by Crippen LogP contribution is 2.18. The van der Waals surface area contributed by atoms with Gasteiger partial charge in [0.25, 0.3) is 0 Å². The number of hydrogen-bond acceptors (Lipinski definition) is 2. The Bertz CT molecular complexity index is 624. The molecule has 2 rings (SSSR count). The largest absolute Gasteiger partial charge is 0.512 e. The fraction of sp³-hybridized carbons (Fsp3) is 0.250. The van der Waals surface area contributed by atoms with E-state index in [4.69, 9.17) is 4.74 Å². The van der Waals surface area contributed by atoms with Crippen molar-refractivity contribution in [2.75, 3.05) is 0 Å². The van der Waals surface area contributed by atoms with Gasteiger partial charge in [0.2, 0.25) is 0 Å². The van der Waals surface area contributed by atoms with Crippen LogP contribution in [-0.2, 0) is 13.7 Å². The van der Waals surface area contributed by atoms with E-state index in [2.05, 4.69) is 5.10 Å². The third-order valence-electron chi connectivity index (χ3n) is 2.81. The summed E-state index contributed by atoms with van der Waals surface area (Å²) in [6.45, 7) is -3.44. The summed E-state index contributed by atoms with van der Waals surface area (Å²) in [5, 5.41) is 4.10. The highest BCUT2D eigenvalue weighted by Gasteiger charge is 2.28. The van der Waals surface area contributed by atoms with Gasteiger partial charge in [0.1, 0.15) is 12.4 Å². The van der Waals surface area contributed by atoms with Gasteiger partial charge in [-0.25, -0.2) is 4.39 Å². The second-order valence-electron chi connectivity index (χ2n) is 4.45. The van der Waals surface area contributed by atoms with Crippen molar-refractivity contribution < 1.29 is 22.1 Å². The second-order valence-corrected chi connectivity index (χ2v) is 4.45. The Hall–Kier alpha value is -1.99. The Morgan fingerprint density at radius 2 is 1.95 bits per heavy atom. The lowest BCUT2D eigenvalue weighted by atomic mass is 9.80. The van der Waals surface area contributed by atoms with Gasteiger partial charge in [-0.05, 0) is 19.1 Å². The SMILES string of the molecule is Cc1cc(COc2ccc([B-](F)(F)F)c(F)c2)n(C)n1. The average molecular weight is 287 g/mol. The zero-order valence-corrected chi connectivity index (χ0v) is 10.9. The smallest absolute Gasteiger partial charge is 0.487 e. The number of rotatable bonds is 4. The normalized spacial score (nSPS) is 11.7. The molecule has 0 bridgehead atoms. The molecule has 0 spiro atoms. The number of nitrogens with zero attached hydrogens (tertiary/aromatic N) is 2. The second kappa shape index (κ2) is 5.18. The van der Waals surface area contributed by atoms with Gasteiger partial charge in [-0.3, -0.25) is 4.68 Å². The van der Waals surface area contributed by atoms with Crippen LogP contribution in [0.15, 0.2) is 24.3 Å². The molecule has 20 heavy (non-hydrogen) atoms. The number of aromatic nitrogens is 2. The fourth-order valence-corrected chi connectivity index (χ4v) is 1.82. The molecule has 0 aliphatic carbocycles. The van der Waals surface area contributed by atoms with E-state index in [9.17, 15) is 17.3 Å². The van der Waals surface area contributed by atoms with Crippen molar-refractivity contribution in [3.63, 3.8) is 0 Å². The first-order valence-corrected chi connectivity index (χ1v) is 5.89. The van der Waals surface area contributed by atoms with E-state index >= 15 is 0 Å². The molecule has 108 valence electrons. The summed E-state index contributed by atoms with van der Waals surface area (Å²) in [6.07, 6.45) is 0. The van der Waals surface area contributed by atoms with Gasteiger partial charge < -0.3 is 17.7 Å². The molecule has 2 aromatic rings. The first kappa shape index (κ1) is 14.4. The zero-order valence-electron chi connectivity index (χ0n) is 10.9. The molecule has 0 saturated heterocycles. The molecule has 0 aliphatic heterocycles. The van der Waals surface area contributed by atoms with E-state index in [0.717, 1.165) is 23.5 Å². The van der Waals surface area contributed by atoms with Gasteiger partial charge in [0, 0.05) is 13.1 Å². The van der Waals surface area contributed by atoms with Crippen LogP contribution >= 0.6 is 0 Å². The molecule has 0 atom stereocenters. The maximum atomic E-state index is 13.4. The van der Waals surface area contributed by atoms with Crippen molar-refractivity contribution in [1.82, 2.24) is 9.78 Å². The average Bonchev–Trinajstić information content (AvgIpc) is 2.63. The molecule has 0 N–H and O–H groups in total. The maximum Gasteiger partial charge on any atom is 0.512 e. The Morgan fingerprint density at radius 3 is 2.45 bits per heavy atom. The van der Waals surface area contributed by atoms with Crippen molar-refractivity contribution in [2.45, 2.75) is 13.5 Å². The summed E-state index contributed by atoms with van der Waals surface area (Å²) in [7, 11) is 1.72. The van der Waals surface area contributed by atoms with E-state index < -0.39 is 18.3 Å². The van der Waals surface area contributed by atoms with Crippen LogP contribution in [0.5, 0.6) is 5.75 Å². The molecule has 0 fully saturated rings. The summed E-state index contributed by atoms with van der Waals surface area (Å²) in [5.74, 6) is -1.28. The minimum absolute atomic E-state index is 0.0464. The summed E-state index contributed by atoms with van der Waals surface area (Å²) in [5.41, 5.74) is 0.299. The fourth-order valence-electron chi connectivity index (χ4n) is 1.82. The molecule has 0 aliphatic rings. The van der Waals surface area contributed by atoms with Crippen LogP contribution in [0.1, 0.15) is 11.4 Å². The van der Waals surface area contributed by atoms with Gasteiger partial charge in [-0.2, -0.15) is 5.10 Å².